The molecule has 1 N–H and O–H groups in total. The summed E-state index contributed by atoms with van der Waals surface area (Å²) in [6.07, 6.45) is 5.26. The number of hydrogen-bond acceptors (Lipinski definition) is 3. The number of aromatic nitrogens is 2. The zero-order chi connectivity index (χ0) is 16.2. The third-order valence-electron chi connectivity index (χ3n) is 4.80. The van der Waals surface area contributed by atoms with Crippen LogP contribution in [-0.4, -0.2) is 32.6 Å². The maximum absolute atomic E-state index is 13.0. The van der Waals surface area contributed by atoms with E-state index in [1.807, 2.05) is 12.4 Å². The van der Waals surface area contributed by atoms with Gasteiger partial charge < -0.3 is 9.67 Å². The molecule has 1 fully saturated rings. The molecule has 0 spiro atoms. The van der Waals surface area contributed by atoms with E-state index in [2.05, 4.69) is 21.4 Å². The first kappa shape index (κ1) is 16.1. The molecule has 2 aromatic rings. The molecule has 1 aliphatic heterocycles. The molecule has 0 radical (unpaired) electrons. The smallest absolute Gasteiger partial charge is 0.123 e. The minimum atomic E-state index is -0.504. The van der Waals surface area contributed by atoms with Crippen molar-refractivity contribution < 1.29 is 9.50 Å². The predicted molar refractivity (Wildman–Crippen MR) is 87.3 cm³/mol. The van der Waals surface area contributed by atoms with Crippen molar-refractivity contribution in [2.24, 2.45) is 5.92 Å². The lowest BCUT2D eigenvalue weighted by Gasteiger charge is -2.34. The Balaban J connectivity index is 1.54. The van der Waals surface area contributed by atoms with Crippen LogP contribution in [0.15, 0.2) is 36.7 Å². The number of likely N-dealkylation sites (tertiary alicyclic amines) is 1. The fraction of sp³-hybridized carbons (Fsp3) is 0.500. The van der Waals surface area contributed by atoms with E-state index in [4.69, 9.17) is 0 Å². The quantitative estimate of drug-likeness (QED) is 0.922. The third-order valence-corrected chi connectivity index (χ3v) is 4.80. The molecule has 124 valence electrons. The van der Waals surface area contributed by atoms with Crippen molar-refractivity contribution in [1.82, 2.24) is 14.5 Å². The zero-order valence-electron chi connectivity index (χ0n) is 13.5. The summed E-state index contributed by atoms with van der Waals surface area (Å²) >= 11 is 0. The lowest BCUT2D eigenvalue weighted by molar-refractivity contribution is 0.0557. The minimum absolute atomic E-state index is 0.239. The molecule has 1 saturated heterocycles. The maximum Gasteiger partial charge on any atom is 0.123 e. The summed E-state index contributed by atoms with van der Waals surface area (Å²) in [5, 5.41) is 10.5. The van der Waals surface area contributed by atoms with Crippen molar-refractivity contribution in [2.45, 2.75) is 39.0 Å². The molecule has 1 aromatic heterocycles. The minimum Gasteiger partial charge on any atom is -0.388 e. The van der Waals surface area contributed by atoms with E-state index in [9.17, 15) is 9.50 Å². The molecule has 0 saturated carbocycles. The van der Waals surface area contributed by atoms with Crippen LogP contribution in [0.4, 0.5) is 4.39 Å². The molecule has 0 bridgehead atoms. The molecule has 1 aromatic carbocycles. The fourth-order valence-corrected chi connectivity index (χ4v) is 3.34. The summed E-state index contributed by atoms with van der Waals surface area (Å²) in [5.41, 5.74) is 0.811. The summed E-state index contributed by atoms with van der Waals surface area (Å²) in [6, 6.07) is 6.20. The topological polar surface area (TPSA) is 41.3 Å². The van der Waals surface area contributed by atoms with Crippen LogP contribution in [0.5, 0.6) is 0 Å². The first-order valence-electron chi connectivity index (χ1n) is 8.33. The SMILES string of the molecule is CCn1ccnc1CN1CCC(C(O)c2ccc(F)cc2)CC1. The Morgan fingerprint density at radius 3 is 2.61 bits per heavy atom. The van der Waals surface area contributed by atoms with Gasteiger partial charge in [-0.05, 0) is 56.5 Å². The van der Waals surface area contributed by atoms with E-state index >= 15 is 0 Å². The Labute approximate surface area is 136 Å². The number of hydrogen-bond donors (Lipinski definition) is 1. The second kappa shape index (κ2) is 7.23. The van der Waals surface area contributed by atoms with E-state index in [-0.39, 0.29) is 11.7 Å². The monoisotopic (exact) mass is 317 g/mol. The summed E-state index contributed by atoms with van der Waals surface area (Å²) in [7, 11) is 0. The highest BCUT2D eigenvalue weighted by Gasteiger charge is 2.26. The van der Waals surface area contributed by atoms with Crippen LogP contribution in [0.1, 0.15) is 37.3 Å². The first-order chi connectivity index (χ1) is 11.2. The highest BCUT2D eigenvalue weighted by Crippen LogP contribution is 2.31. The van der Waals surface area contributed by atoms with Crippen molar-refractivity contribution in [3.8, 4) is 0 Å². The van der Waals surface area contributed by atoms with Gasteiger partial charge in [0.2, 0.25) is 0 Å². The molecule has 3 rings (SSSR count). The summed E-state index contributed by atoms with van der Waals surface area (Å²) in [5.74, 6) is 1.08. The molecule has 1 atom stereocenters. The van der Waals surface area contributed by atoms with Gasteiger partial charge in [-0.2, -0.15) is 0 Å². The second-order valence-electron chi connectivity index (χ2n) is 6.24. The molecule has 1 unspecified atom stereocenters. The van der Waals surface area contributed by atoms with Crippen LogP contribution in [0, 0.1) is 11.7 Å². The van der Waals surface area contributed by atoms with Gasteiger partial charge in [-0.25, -0.2) is 9.37 Å². The van der Waals surface area contributed by atoms with Crippen molar-refractivity contribution >= 4 is 0 Å². The molecular formula is C18H24FN3O. The molecule has 0 amide bonds. The van der Waals surface area contributed by atoms with E-state index < -0.39 is 6.10 Å². The number of benzene rings is 1. The average molecular weight is 317 g/mol. The molecule has 2 heterocycles. The lowest BCUT2D eigenvalue weighted by Crippen LogP contribution is -2.35. The van der Waals surface area contributed by atoms with E-state index in [1.54, 1.807) is 12.1 Å². The van der Waals surface area contributed by atoms with Gasteiger partial charge in [0.25, 0.3) is 0 Å². The van der Waals surface area contributed by atoms with E-state index in [0.717, 1.165) is 50.4 Å². The van der Waals surface area contributed by atoms with Crippen molar-refractivity contribution in [3.05, 3.63) is 53.9 Å². The van der Waals surface area contributed by atoms with Crippen LogP contribution in [-0.2, 0) is 13.1 Å². The zero-order valence-corrected chi connectivity index (χ0v) is 13.5. The molecule has 1 aliphatic rings. The van der Waals surface area contributed by atoms with Gasteiger partial charge in [-0.3, -0.25) is 4.90 Å². The average Bonchev–Trinajstić information content (AvgIpc) is 3.03. The van der Waals surface area contributed by atoms with Crippen LogP contribution < -0.4 is 0 Å². The molecular weight excluding hydrogens is 293 g/mol. The van der Waals surface area contributed by atoms with Crippen LogP contribution in [0.25, 0.3) is 0 Å². The largest absolute Gasteiger partial charge is 0.388 e. The van der Waals surface area contributed by atoms with Crippen molar-refractivity contribution in [1.29, 1.82) is 0 Å². The number of nitrogens with zero attached hydrogens (tertiary/aromatic N) is 3. The lowest BCUT2D eigenvalue weighted by atomic mass is 9.87. The number of aryl methyl sites for hydroxylation is 1. The van der Waals surface area contributed by atoms with Crippen LogP contribution >= 0.6 is 0 Å². The Kier molecular flexibility index (Phi) is 5.08. The van der Waals surface area contributed by atoms with Gasteiger partial charge in [0.05, 0.1) is 12.6 Å². The number of piperidine rings is 1. The third kappa shape index (κ3) is 3.79. The molecule has 4 nitrogen and oxygen atoms in total. The van der Waals surface area contributed by atoms with Gasteiger partial charge in [0, 0.05) is 18.9 Å². The molecule has 0 aliphatic carbocycles. The second-order valence-corrected chi connectivity index (χ2v) is 6.24. The standard InChI is InChI=1S/C18H24FN3O/c1-2-22-12-9-20-17(22)13-21-10-7-15(8-11-21)18(23)14-3-5-16(19)6-4-14/h3-6,9,12,15,18,23H,2,7-8,10-11,13H2,1H3. The molecule has 5 heteroatoms. The first-order valence-corrected chi connectivity index (χ1v) is 8.33. The number of halogens is 1. The van der Waals surface area contributed by atoms with Gasteiger partial charge in [0.1, 0.15) is 11.6 Å². The van der Waals surface area contributed by atoms with Gasteiger partial charge in [-0.15, -0.1) is 0 Å². The Hall–Kier alpha value is -1.72. The summed E-state index contributed by atoms with van der Waals surface area (Å²) < 4.78 is 15.2. The van der Waals surface area contributed by atoms with E-state index in [0.29, 0.717) is 0 Å². The Bertz CT molecular complexity index is 617. The highest BCUT2D eigenvalue weighted by atomic mass is 19.1. The van der Waals surface area contributed by atoms with E-state index in [1.165, 1.54) is 12.1 Å². The fourth-order valence-electron chi connectivity index (χ4n) is 3.34. The molecule has 23 heavy (non-hydrogen) atoms. The number of aliphatic hydroxyl groups is 1. The highest BCUT2D eigenvalue weighted by molar-refractivity contribution is 5.19. The van der Waals surface area contributed by atoms with Gasteiger partial charge in [0.15, 0.2) is 0 Å². The predicted octanol–water partition coefficient (Wildman–Crippen LogP) is 2.99. The Morgan fingerprint density at radius 1 is 1.26 bits per heavy atom. The summed E-state index contributed by atoms with van der Waals surface area (Å²) in [6.45, 7) is 5.84. The normalized spacial score (nSPS) is 18.2. The number of imidazole rings is 1. The maximum atomic E-state index is 13.0. The Morgan fingerprint density at radius 2 is 1.96 bits per heavy atom. The van der Waals surface area contributed by atoms with Crippen LogP contribution in [0.3, 0.4) is 0 Å². The van der Waals surface area contributed by atoms with Crippen LogP contribution in [0.2, 0.25) is 0 Å². The van der Waals surface area contributed by atoms with Crippen molar-refractivity contribution in [3.63, 3.8) is 0 Å². The summed E-state index contributed by atoms with van der Waals surface area (Å²) in [4.78, 5) is 6.82. The number of rotatable bonds is 5. The van der Waals surface area contributed by atoms with Gasteiger partial charge in [-0.1, -0.05) is 12.1 Å². The van der Waals surface area contributed by atoms with Crippen molar-refractivity contribution in [2.75, 3.05) is 13.1 Å². The van der Waals surface area contributed by atoms with Gasteiger partial charge >= 0.3 is 0 Å². The number of aliphatic hydroxyl groups excluding tert-OH is 1.